The molecule has 0 aliphatic rings. The van der Waals surface area contributed by atoms with Crippen molar-refractivity contribution in [1.29, 1.82) is 0 Å². The zero-order valence-electron chi connectivity index (χ0n) is 18.2. The second kappa shape index (κ2) is 12.7. The second-order valence-corrected chi connectivity index (χ2v) is 7.96. The van der Waals surface area contributed by atoms with E-state index in [4.69, 9.17) is 15.2 Å². The number of nitrogens with one attached hydrogen (secondary N) is 1. The van der Waals surface area contributed by atoms with Crippen molar-refractivity contribution in [3.05, 3.63) is 53.6 Å². The van der Waals surface area contributed by atoms with Crippen LogP contribution in [0, 0.1) is 0 Å². The van der Waals surface area contributed by atoms with Crippen LogP contribution < -0.4 is 55.0 Å². The topological polar surface area (TPSA) is 151 Å². The van der Waals surface area contributed by atoms with Crippen molar-refractivity contribution in [2.75, 3.05) is 38.1 Å². The standard InChI is InChI=1S/C20H25N3O7S.Na/c1-29-17-7-6-14(10-18(17)30-2)8-9-22-19(24)12-23(13-31(26,27)28)16-5-3-4-15(11-16)20(21)25;/h3-7,10-11H,8-9,12-13H2,1-2H3,(H2,21,25)(H,22,24)(H,26,27,28);/q;+1/p-1. The molecule has 2 aromatic carbocycles. The molecule has 0 atom stereocenters. The minimum Gasteiger partial charge on any atom is -0.747 e. The van der Waals surface area contributed by atoms with Crippen molar-refractivity contribution in [3.63, 3.8) is 0 Å². The van der Waals surface area contributed by atoms with Crippen molar-refractivity contribution >= 4 is 27.6 Å². The Labute approximate surface area is 209 Å². The normalized spacial score (nSPS) is 10.6. The van der Waals surface area contributed by atoms with Gasteiger partial charge in [-0.1, -0.05) is 12.1 Å². The minimum absolute atomic E-state index is 0. The van der Waals surface area contributed by atoms with E-state index in [0.29, 0.717) is 17.9 Å². The Bertz CT molecular complexity index is 1050. The summed E-state index contributed by atoms with van der Waals surface area (Å²) in [5.74, 6) is -0.992. The molecule has 0 aliphatic carbocycles. The van der Waals surface area contributed by atoms with E-state index in [-0.39, 0.29) is 47.4 Å². The fourth-order valence-electron chi connectivity index (χ4n) is 2.87. The number of benzene rings is 2. The molecule has 0 bridgehead atoms. The number of ether oxygens (including phenoxy) is 2. The van der Waals surface area contributed by atoms with Crippen molar-refractivity contribution in [2.24, 2.45) is 5.73 Å². The first-order valence-electron chi connectivity index (χ1n) is 9.19. The number of nitrogens with zero attached hydrogens (tertiary/aromatic N) is 1. The number of amides is 2. The van der Waals surface area contributed by atoms with Gasteiger partial charge in [0.1, 0.15) is 16.0 Å². The Balaban J connectivity index is 0.00000512. The van der Waals surface area contributed by atoms with Crippen LogP contribution in [0.15, 0.2) is 42.5 Å². The maximum Gasteiger partial charge on any atom is 1.00 e. The first-order chi connectivity index (χ1) is 14.6. The quantitative estimate of drug-likeness (QED) is 0.268. The van der Waals surface area contributed by atoms with Gasteiger partial charge in [0.15, 0.2) is 11.5 Å². The van der Waals surface area contributed by atoms with Crippen LogP contribution in [0.5, 0.6) is 11.5 Å². The van der Waals surface area contributed by atoms with E-state index in [1.165, 1.54) is 38.5 Å². The van der Waals surface area contributed by atoms with E-state index in [1.54, 1.807) is 12.1 Å². The number of anilines is 1. The predicted molar refractivity (Wildman–Crippen MR) is 113 cm³/mol. The summed E-state index contributed by atoms with van der Waals surface area (Å²) >= 11 is 0. The van der Waals surface area contributed by atoms with Gasteiger partial charge in [-0.05, 0) is 42.3 Å². The van der Waals surface area contributed by atoms with Crippen molar-refractivity contribution in [1.82, 2.24) is 5.32 Å². The van der Waals surface area contributed by atoms with Gasteiger partial charge >= 0.3 is 29.6 Å². The van der Waals surface area contributed by atoms with Gasteiger partial charge in [0.25, 0.3) is 0 Å². The van der Waals surface area contributed by atoms with E-state index in [1.807, 2.05) is 6.07 Å². The van der Waals surface area contributed by atoms with Gasteiger partial charge in [-0.25, -0.2) is 8.42 Å². The average Bonchev–Trinajstić information content (AvgIpc) is 2.72. The second-order valence-electron chi connectivity index (χ2n) is 6.59. The van der Waals surface area contributed by atoms with Crippen LogP contribution in [-0.2, 0) is 21.3 Å². The Morgan fingerprint density at radius 1 is 1.09 bits per heavy atom. The largest absolute Gasteiger partial charge is 1.00 e. The molecule has 0 spiro atoms. The van der Waals surface area contributed by atoms with Crippen molar-refractivity contribution in [3.8, 4) is 11.5 Å². The van der Waals surface area contributed by atoms with Crippen molar-refractivity contribution in [2.45, 2.75) is 6.42 Å². The molecule has 12 heteroatoms. The summed E-state index contributed by atoms with van der Waals surface area (Å²) in [5, 5.41) is 2.68. The molecular formula is C20H24N3NaO7S. The van der Waals surface area contributed by atoms with Gasteiger partial charge in [0, 0.05) is 17.8 Å². The molecule has 2 aromatic rings. The Morgan fingerprint density at radius 3 is 2.38 bits per heavy atom. The first-order valence-corrected chi connectivity index (χ1v) is 10.8. The summed E-state index contributed by atoms with van der Waals surface area (Å²) in [6, 6.07) is 11.1. The third kappa shape index (κ3) is 8.67. The molecule has 3 N–H and O–H groups in total. The molecule has 2 amide bonds. The van der Waals surface area contributed by atoms with Crippen LogP contribution in [0.2, 0.25) is 0 Å². The molecule has 0 unspecified atom stereocenters. The summed E-state index contributed by atoms with van der Waals surface area (Å²) in [6.45, 7) is -0.122. The Hall–Kier alpha value is -2.31. The van der Waals surface area contributed by atoms with Crippen LogP contribution in [0.1, 0.15) is 15.9 Å². The predicted octanol–water partition coefficient (Wildman–Crippen LogP) is -2.53. The molecule has 0 saturated carbocycles. The molecule has 0 saturated heterocycles. The molecule has 10 nitrogen and oxygen atoms in total. The number of hydrogen-bond donors (Lipinski definition) is 2. The molecule has 0 aromatic heterocycles. The number of nitrogens with two attached hydrogens (primary N) is 1. The van der Waals surface area contributed by atoms with Crippen LogP contribution >= 0.6 is 0 Å². The number of primary amides is 1. The fourth-order valence-corrected chi connectivity index (χ4v) is 3.49. The fraction of sp³-hybridized carbons (Fsp3) is 0.300. The number of carbonyl (C=O) groups is 2. The zero-order chi connectivity index (χ0) is 23.0. The molecule has 0 radical (unpaired) electrons. The van der Waals surface area contributed by atoms with Crippen LogP contribution in [0.3, 0.4) is 0 Å². The summed E-state index contributed by atoms with van der Waals surface area (Å²) in [7, 11) is -1.62. The minimum atomic E-state index is -4.67. The molecule has 0 fully saturated rings. The Morgan fingerprint density at radius 2 is 1.78 bits per heavy atom. The van der Waals surface area contributed by atoms with E-state index in [9.17, 15) is 22.6 Å². The van der Waals surface area contributed by atoms with Gasteiger partial charge in [0.05, 0.1) is 20.8 Å². The molecule has 32 heavy (non-hydrogen) atoms. The van der Waals surface area contributed by atoms with Gasteiger partial charge < -0.3 is 30.0 Å². The van der Waals surface area contributed by atoms with E-state index in [0.717, 1.165) is 10.5 Å². The molecule has 168 valence electrons. The van der Waals surface area contributed by atoms with Crippen LogP contribution in [0.25, 0.3) is 0 Å². The maximum atomic E-state index is 12.4. The summed E-state index contributed by atoms with van der Waals surface area (Å²) in [6.07, 6.45) is 0.489. The third-order valence-electron chi connectivity index (χ3n) is 4.33. The Kier molecular flexibility index (Phi) is 11.0. The number of rotatable bonds is 11. The number of methoxy groups -OCH3 is 2. The van der Waals surface area contributed by atoms with Gasteiger partial charge in [-0.2, -0.15) is 0 Å². The summed E-state index contributed by atoms with van der Waals surface area (Å²) < 4.78 is 44.3. The maximum absolute atomic E-state index is 12.4. The smallest absolute Gasteiger partial charge is 0.747 e. The summed E-state index contributed by atoms with van der Waals surface area (Å²) in [4.78, 5) is 24.8. The molecular weight excluding hydrogens is 449 g/mol. The van der Waals surface area contributed by atoms with Crippen molar-refractivity contribution < 1.29 is 61.6 Å². The zero-order valence-corrected chi connectivity index (χ0v) is 21.0. The third-order valence-corrected chi connectivity index (χ3v) is 4.96. The SMILES string of the molecule is COc1ccc(CCNC(=O)CN(CS(=O)(=O)[O-])c2cccc(C(N)=O)c2)cc1OC.[Na+]. The van der Waals surface area contributed by atoms with E-state index >= 15 is 0 Å². The van der Waals surface area contributed by atoms with Crippen LogP contribution in [-0.4, -0.2) is 58.0 Å². The van der Waals surface area contributed by atoms with Gasteiger partial charge in [-0.15, -0.1) is 0 Å². The van der Waals surface area contributed by atoms with Gasteiger partial charge in [0.2, 0.25) is 11.8 Å². The van der Waals surface area contributed by atoms with Crippen LogP contribution in [0.4, 0.5) is 5.69 Å². The molecule has 0 heterocycles. The summed E-state index contributed by atoms with van der Waals surface area (Å²) in [5.41, 5.74) is 6.47. The van der Waals surface area contributed by atoms with Gasteiger partial charge in [-0.3, -0.25) is 9.59 Å². The molecule has 2 rings (SSSR count). The first kappa shape index (κ1) is 27.7. The number of hydrogen-bond acceptors (Lipinski definition) is 8. The molecule has 0 aliphatic heterocycles. The van der Waals surface area contributed by atoms with E-state index in [2.05, 4.69) is 5.32 Å². The average molecular weight is 473 g/mol. The number of carbonyl (C=O) groups excluding carboxylic acids is 2. The van der Waals surface area contributed by atoms with E-state index < -0.39 is 34.4 Å². The monoisotopic (exact) mass is 473 g/mol.